The largest absolute Gasteiger partial charge is 0.497 e. The highest BCUT2D eigenvalue weighted by Gasteiger charge is 2.18. The predicted octanol–water partition coefficient (Wildman–Crippen LogP) is 3.97. The van der Waals surface area contributed by atoms with Crippen LogP contribution in [0.3, 0.4) is 0 Å². The number of imidazole rings is 1. The van der Waals surface area contributed by atoms with Gasteiger partial charge in [0.15, 0.2) is 5.82 Å². The minimum Gasteiger partial charge on any atom is -0.497 e. The van der Waals surface area contributed by atoms with Crippen molar-refractivity contribution in [1.82, 2.24) is 24.6 Å². The van der Waals surface area contributed by atoms with Crippen molar-refractivity contribution < 1.29 is 9.53 Å². The highest BCUT2D eigenvalue weighted by molar-refractivity contribution is 6.30. The van der Waals surface area contributed by atoms with E-state index in [-0.39, 0.29) is 5.91 Å². The molecule has 0 spiro atoms. The van der Waals surface area contributed by atoms with Gasteiger partial charge in [-0.1, -0.05) is 35.9 Å². The van der Waals surface area contributed by atoms with Gasteiger partial charge in [0, 0.05) is 36.6 Å². The third-order valence-corrected chi connectivity index (χ3v) is 5.42. The van der Waals surface area contributed by atoms with E-state index >= 15 is 0 Å². The fourth-order valence-electron chi connectivity index (χ4n) is 3.56. The minimum atomic E-state index is -0.0538. The highest BCUT2D eigenvalue weighted by Crippen LogP contribution is 2.31. The molecule has 1 N–H and O–H groups in total. The van der Waals surface area contributed by atoms with E-state index < -0.39 is 0 Å². The number of carbonyl (C=O) groups excluding carboxylic acids is 1. The van der Waals surface area contributed by atoms with E-state index in [1.807, 2.05) is 77.2 Å². The van der Waals surface area contributed by atoms with Gasteiger partial charge in [0.2, 0.25) is 5.91 Å². The summed E-state index contributed by atoms with van der Waals surface area (Å²) in [6.07, 6.45) is 5.77. The second-order valence-electron chi connectivity index (χ2n) is 7.38. The maximum absolute atomic E-state index is 12.4. The first-order valence-electron chi connectivity index (χ1n) is 10.2. The number of nitrogens with one attached hydrogen (secondary N) is 1. The number of ether oxygens (including phenoxy) is 1. The molecule has 1 amide bonds. The summed E-state index contributed by atoms with van der Waals surface area (Å²) in [4.78, 5) is 16.9. The fraction of sp³-hybridized carbons (Fsp3) is 0.208. The molecule has 2 aromatic carbocycles. The Balaban J connectivity index is 1.49. The van der Waals surface area contributed by atoms with Gasteiger partial charge in [-0.05, 0) is 35.4 Å². The Labute approximate surface area is 191 Å². The number of halogens is 1. The van der Waals surface area contributed by atoms with Crippen molar-refractivity contribution in [1.29, 1.82) is 0 Å². The number of amides is 1. The maximum Gasteiger partial charge on any atom is 0.224 e. The number of nitrogens with zero attached hydrogens (tertiary/aromatic N) is 4. The Morgan fingerprint density at radius 2 is 2.00 bits per heavy atom. The van der Waals surface area contributed by atoms with Crippen molar-refractivity contribution in [3.63, 3.8) is 0 Å². The van der Waals surface area contributed by atoms with E-state index in [4.69, 9.17) is 16.3 Å². The van der Waals surface area contributed by atoms with Crippen LogP contribution in [0.4, 0.5) is 0 Å². The quantitative estimate of drug-likeness (QED) is 0.441. The van der Waals surface area contributed by atoms with Gasteiger partial charge in [-0.15, -0.1) is 0 Å². The van der Waals surface area contributed by atoms with Gasteiger partial charge in [-0.2, -0.15) is 5.10 Å². The van der Waals surface area contributed by atoms with Crippen LogP contribution in [0.1, 0.15) is 5.56 Å². The molecule has 0 aliphatic heterocycles. The van der Waals surface area contributed by atoms with Crippen LogP contribution in [0, 0.1) is 0 Å². The van der Waals surface area contributed by atoms with Gasteiger partial charge in [0.05, 0.1) is 26.3 Å². The summed E-state index contributed by atoms with van der Waals surface area (Å²) < 4.78 is 9.05. The molecule has 0 aliphatic rings. The Kier molecular flexibility index (Phi) is 6.56. The number of rotatable bonds is 8. The normalized spacial score (nSPS) is 10.8. The molecule has 0 fully saturated rings. The van der Waals surface area contributed by atoms with Gasteiger partial charge >= 0.3 is 0 Å². The number of methoxy groups -OCH3 is 1. The molecule has 4 rings (SSSR count). The average molecular weight is 450 g/mol. The van der Waals surface area contributed by atoms with Gasteiger partial charge in [0.25, 0.3) is 0 Å². The first kappa shape index (κ1) is 21.6. The van der Waals surface area contributed by atoms with Crippen molar-refractivity contribution in [3.8, 4) is 28.4 Å². The van der Waals surface area contributed by atoms with Crippen LogP contribution in [0.15, 0.2) is 67.1 Å². The van der Waals surface area contributed by atoms with E-state index in [0.29, 0.717) is 24.5 Å². The van der Waals surface area contributed by atoms with Crippen molar-refractivity contribution >= 4 is 17.5 Å². The second kappa shape index (κ2) is 9.70. The lowest BCUT2D eigenvalue weighted by molar-refractivity contribution is -0.120. The molecule has 2 heterocycles. The molecule has 2 aromatic heterocycles. The topological polar surface area (TPSA) is 74.0 Å². The van der Waals surface area contributed by atoms with E-state index in [9.17, 15) is 4.79 Å². The zero-order valence-corrected chi connectivity index (χ0v) is 18.7. The smallest absolute Gasteiger partial charge is 0.224 e. The first-order chi connectivity index (χ1) is 15.5. The van der Waals surface area contributed by atoms with Crippen LogP contribution >= 0.6 is 11.6 Å². The fourth-order valence-corrected chi connectivity index (χ4v) is 3.68. The maximum atomic E-state index is 12.4. The Morgan fingerprint density at radius 1 is 1.19 bits per heavy atom. The van der Waals surface area contributed by atoms with Gasteiger partial charge in [-0.3, -0.25) is 9.48 Å². The molecule has 0 radical (unpaired) electrons. The highest BCUT2D eigenvalue weighted by atomic mass is 35.5. The molecule has 0 saturated carbocycles. The summed E-state index contributed by atoms with van der Waals surface area (Å²) in [6.45, 7) is 0.960. The molecular weight excluding hydrogens is 426 g/mol. The second-order valence-corrected chi connectivity index (χ2v) is 7.81. The van der Waals surface area contributed by atoms with Crippen LogP contribution in [0.5, 0.6) is 5.75 Å². The third-order valence-electron chi connectivity index (χ3n) is 5.17. The zero-order valence-electron chi connectivity index (χ0n) is 18.0. The molecule has 0 saturated heterocycles. The Bertz CT molecular complexity index is 1210. The first-order valence-corrected chi connectivity index (χ1v) is 10.6. The number of aromatic nitrogens is 4. The van der Waals surface area contributed by atoms with Crippen molar-refractivity contribution in [2.75, 3.05) is 13.7 Å². The van der Waals surface area contributed by atoms with E-state index in [0.717, 1.165) is 34.0 Å². The third kappa shape index (κ3) is 4.84. The van der Waals surface area contributed by atoms with Crippen LogP contribution in [-0.2, 0) is 24.8 Å². The molecule has 0 atom stereocenters. The summed E-state index contributed by atoms with van der Waals surface area (Å²) in [5.74, 6) is 1.48. The number of carbonyl (C=O) groups is 1. The summed E-state index contributed by atoms with van der Waals surface area (Å²) >= 11 is 6.06. The van der Waals surface area contributed by atoms with Crippen molar-refractivity contribution in [2.45, 2.75) is 13.0 Å². The van der Waals surface area contributed by atoms with E-state index in [1.165, 1.54) is 0 Å². The number of hydrogen-bond acceptors (Lipinski definition) is 4. The minimum absolute atomic E-state index is 0.0538. The van der Waals surface area contributed by atoms with Crippen LogP contribution in [0.2, 0.25) is 5.02 Å². The molecule has 4 aromatic rings. The Hall–Kier alpha value is -3.58. The lowest BCUT2D eigenvalue weighted by atomic mass is 10.1. The van der Waals surface area contributed by atoms with Crippen molar-refractivity contribution in [2.24, 2.45) is 7.05 Å². The molecule has 0 unspecified atom stereocenters. The lowest BCUT2D eigenvalue weighted by Gasteiger charge is -2.11. The zero-order chi connectivity index (χ0) is 22.5. The standard InChI is InChI=1S/C24H24ClN5O2/c1-29-12-10-27-24(29)23-21(18-6-8-19(25)9-7-18)16-28-30(23)13-11-26-22(31)15-17-4-3-5-20(14-17)32-2/h3-10,12,14,16H,11,13,15H2,1-2H3,(H,26,31). The summed E-state index contributed by atoms with van der Waals surface area (Å²) in [7, 11) is 3.56. The molecule has 32 heavy (non-hydrogen) atoms. The van der Waals surface area contributed by atoms with Gasteiger partial charge in [-0.25, -0.2) is 4.98 Å². The molecular formula is C24H24ClN5O2. The molecule has 7 nitrogen and oxygen atoms in total. The molecule has 0 bridgehead atoms. The van der Waals surface area contributed by atoms with Gasteiger partial charge in [0.1, 0.15) is 11.4 Å². The van der Waals surface area contributed by atoms with Crippen LogP contribution in [-0.4, -0.2) is 38.9 Å². The number of aryl methyl sites for hydroxylation is 1. The molecule has 8 heteroatoms. The van der Waals surface area contributed by atoms with E-state index in [2.05, 4.69) is 15.4 Å². The van der Waals surface area contributed by atoms with Crippen molar-refractivity contribution in [3.05, 3.63) is 77.7 Å². The van der Waals surface area contributed by atoms with Crippen LogP contribution < -0.4 is 10.1 Å². The average Bonchev–Trinajstić information content (AvgIpc) is 3.40. The molecule has 164 valence electrons. The summed E-state index contributed by atoms with van der Waals surface area (Å²) in [5, 5.41) is 8.23. The van der Waals surface area contributed by atoms with Gasteiger partial charge < -0.3 is 14.6 Å². The number of hydrogen-bond donors (Lipinski definition) is 1. The van der Waals surface area contributed by atoms with E-state index in [1.54, 1.807) is 13.3 Å². The monoisotopic (exact) mass is 449 g/mol. The molecule has 0 aliphatic carbocycles. The summed E-state index contributed by atoms with van der Waals surface area (Å²) in [6, 6.07) is 15.2. The summed E-state index contributed by atoms with van der Waals surface area (Å²) in [5.41, 5.74) is 3.75. The SMILES string of the molecule is COc1cccc(CC(=O)NCCn2ncc(-c3ccc(Cl)cc3)c2-c2nccn2C)c1. The predicted molar refractivity (Wildman–Crippen MR) is 125 cm³/mol. The number of benzene rings is 2. The van der Waals surface area contributed by atoms with Crippen LogP contribution in [0.25, 0.3) is 22.6 Å². The lowest BCUT2D eigenvalue weighted by Crippen LogP contribution is -2.29. The Morgan fingerprint density at radius 3 is 2.72 bits per heavy atom.